The monoisotopic (exact) mass is 293 g/mol. The molecule has 1 N–H and O–H groups in total. The summed E-state index contributed by atoms with van der Waals surface area (Å²) in [5.74, 6) is 0.557. The van der Waals surface area contributed by atoms with Crippen molar-refractivity contribution in [1.29, 1.82) is 0 Å². The van der Waals surface area contributed by atoms with Gasteiger partial charge in [0.15, 0.2) is 5.82 Å². The third-order valence-corrected chi connectivity index (χ3v) is 3.77. The summed E-state index contributed by atoms with van der Waals surface area (Å²) in [7, 11) is 4.00. The second-order valence-corrected chi connectivity index (χ2v) is 5.49. The van der Waals surface area contributed by atoms with Crippen molar-refractivity contribution in [3.05, 3.63) is 60.3 Å². The molecular formula is C18H19N3O. The average molecular weight is 293 g/mol. The summed E-state index contributed by atoms with van der Waals surface area (Å²) in [4.78, 5) is 6.66. The lowest BCUT2D eigenvalue weighted by Crippen LogP contribution is -2.08. The van der Waals surface area contributed by atoms with Crippen LogP contribution in [0, 0.1) is 6.92 Å². The highest BCUT2D eigenvalue weighted by Crippen LogP contribution is 2.28. The SMILES string of the molecule is Cc1c(-c2ccccc2)nc(-c2ccc(N(C)C)cc2)n1O. The standard InChI is InChI=1S/C18H19N3O/c1-13-17(14-7-5-4-6-8-14)19-18(21(13)22)15-9-11-16(12-10-15)20(2)3/h4-12,22H,1-3H3. The Morgan fingerprint density at radius 2 is 1.55 bits per heavy atom. The fourth-order valence-electron chi connectivity index (χ4n) is 2.46. The number of hydrogen-bond acceptors (Lipinski definition) is 3. The van der Waals surface area contributed by atoms with E-state index >= 15 is 0 Å². The normalized spacial score (nSPS) is 10.7. The van der Waals surface area contributed by atoms with Crippen molar-refractivity contribution in [1.82, 2.24) is 9.71 Å². The van der Waals surface area contributed by atoms with Gasteiger partial charge in [0.1, 0.15) is 0 Å². The van der Waals surface area contributed by atoms with Crippen LogP contribution in [0.5, 0.6) is 0 Å². The van der Waals surface area contributed by atoms with Crippen LogP contribution in [0.4, 0.5) is 5.69 Å². The average Bonchev–Trinajstić information content (AvgIpc) is 2.84. The molecule has 0 atom stereocenters. The van der Waals surface area contributed by atoms with Crippen molar-refractivity contribution in [3.63, 3.8) is 0 Å². The lowest BCUT2D eigenvalue weighted by molar-refractivity contribution is 0.185. The first-order chi connectivity index (χ1) is 10.6. The zero-order valence-electron chi connectivity index (χ0n) is 13.0. The van der Waals surface area contributed by atoms with Gasteiger partial charge in [0.05, 0.1) is 11.4 Å². The minimum atomic E-state index is 0.557. The molecular weight excluding hydrogens is 274 g/mol. The first kappa shape index (κ1) is 14.2. The van der Waals surface area contributed by atoms with E-state index in [0.29, 0.717) is 5.82 Å². The molecule has 4 heteroatoms. The quantitative estimate of drug-likeness (QED) is 0.746. The molecule has 0 saturated carbocycles. The summed E-state index contributed by atoms with van der Waals surface area (Å²) in [6.07, 6.45) is 0. The van der Waals surface area contributed by atoms with E-state index in [2.05, 4.69) is 4.98 Å². The predicted octanol–water partition coefficient (Wildman–Crippen LogP) is 3.83. The van der Waals surface area contributed by atoms with Crippen LogP contribution in [0.1, 0.15) is 5.69 Å². The predicted molar refractivity (Wildman–Crippen MR) is 89.3 cm³/mol. The van der Waals surface area contributed by atoms with E-state index in [1.807, 2.05) is 80.5 Å². The number of anilines is 1. The molecule has 0 bridgehead atoms. The highest BCUT2D eigenvalue weighted by Gasteiger charge is 2.16. The Morgan fingerprint density at radius 3 is 2.14 bits per heavy atom. The molecule has 3 rings (SSSR count). The van der Waals surface area contributed by atoms with Gasteiger partial charge < -0.3 is 10.1 Å². The van der Waals surface area contributed by atoms with Crippen molar-refractivity contribution >= 4 is 5.69 Å². The number of rotatable bonds is 3. The number of hydrogen-bond donors (Lipinski definition) is 1. The lowest BCUT2D eigenvalue weighted by Gasteiger charge is -2.12. The second-order valence-electron chi connectivity index (χ2n) is 5.49. The molecule has 0 amide bonds. The molecule has 3 aromatic rings. The van der Waals surface area contributed by atoms with Crippen molar-refractivity contribution in [2.45, 2.75) is 6.92 Å². The van der Waals surface area contributed by atoms with Gasteiger partial charge in [-0.15, -0.1) is 0 Å². The highest BCUT2D eigenvalue weighted by atomic mass is 16.5. The van der Waals surface area contributed by atoms with E-state index in [1.54, 1.807) is 0 Å². The van der Waals surface area contributed by atoms with Crippen LogP contribution < -0.4 is 4.90 Å². The Hall–Kier alpha value is -2.75. The first-order valence-corrected chi connectivity index (χ1v) is 7.19. The van der Waals surface area contributed by atoms with Gasteiger partial charge in [-0.3, -0.25) is 0 Å². The number of imidazole rings is 1. The highest BCUT2D eigenvalue weighted by molar-refractivity contribution is 5.68. The van der Waals surface area contributed by atoms with Crippen molar-refractivity contribution in [2.75, 3.05) is 19.0 Å². The van der Waals surface area contributed by atoms with Gasteiger partial charge in [-0.25, -0.2) is 4.98 Å². The fourth-order valence-corrected chi connectivity index (χ4v) is 2.46. The summed E-state index contributed by atoms with van der Waals surface area (Å²) in [6.45, 7) is 1.87. The third kappa shape index (κ3) is 2.44. The van der Waals surface area contributed by atoms with Crippen LogP contribution in [-0.2, 0) is 0 Å². The first-order valence-electron chi connectivity index (χ1n) is 7.19. The van der Waals surface area contributed by atoms with Gasteiger partial charge in [0.2, 0.25) is 0 Å². The maximum atomic E-state index is 10.4. The molecule has 112 valence electrons. The molecule has 0 aliphatic rings. The zero-order valence-corrected chi connectivity index (χ0v) is 13.0. The van der Waals surface area contributed by atoms with Crippen molar-refractivity contribution in [3.8, 4) is 22.6 Å². The van der Waals surface area contributed by atoms with E-state index in [4.69, 9.17) is 0 Å². The molecule has 1 aromatic heterocycles. The summed E-state index contributed by atoms with van der Waals surface area (Å²) < 4.78 is 1.16. The van der Waals surface area contributed by atoms with Crippen LogP contribution in [-0.4, -0.2) is 29.0 Å². The molecule has 0 radical (unpaired) electrons. The van der Waals surface area contributed by atoms with Gasteiger partial charge in [-0.1, -0.05) is 30.3 Å². The smallest absolute Gasteiger partial charge is 0.176 e. The molecule has 22 heavy (non-hydrogen) atoms. The Labute approximate surface area is 130 Å². The van der Waals surface area contributed by atoms with Crippen LogP contribution in [0.2, 0.25) is 0 Å². The zero-order chi connectivity index (χ0) is 15.7. The summed E-state index contributed by atoms with van der Waals surface area (Å²) >= 11 is 0. The Morgan fingerprint density at radius 1 is 0.909 bits per heavy atom. The fraction of sp³-hybridized carbons (Fsp3) is 0.167. The van der Waals surface area contributed by atoms with Crippen molar-refractivity contribution in [2.24, 2.45) is 0 Å². The topological polar surface area (TPSA) is 41.3 Å². The van der Waals surface area contributed by atoms with Gasteiger partial charge in [-0.2, -0.15) is 4.73 Å². The maximum Gasteiger partial charge on any atom is 0.176 e. The molecule has 0 aliphatic heterocycles. The summed E-state index contributed by atoms with van der Waals surface area (Å²) in [5.41, 5.74) is 4.53. The maximum absolute atomic E-state index is 10.4. The van der Waals surface area contributed by atoms with Gasteiger partial charge in [-0.05, 0) is 31.2 Å². The van der Waals surface area contributed by atoms with Crippen LogP contribution in [0.25, 0.3) is 22.6 Å². The Bertz CT molecular complexity index is 774. The van der Waals surface area contributed by atoms with Crippen molar-refractivity contribution < 1.29 is 5.21 Å². The van der Waals surface area contributed by atoms with Crippen LogP contribution in [0.3, 0.4) is 0 Å². The van der Waals surface area contributed by atoms with E-state index < -0.39 is 0 Å². The van der Waals surface area contributed by atoms with Gasteiger partial charge in [0.25, 0.3) is 0 Å². The van der Waals surface area contributed by atoms with E-state index in [0.717, 1.165) is 32.9 Å². The number of nitrogens with zero attached hydrogens (tertiary/aromatic N) is 3. The lowest BCUT2D eigenvalue weighted by atomic mass is 10.1. The molecule has 1 heterocycles. The number of aromatic nitrogens is 2. The molecule has 4 nitrogen and oxygen atoms in total. The minimum Gasteiger partial charge on any atom is -0.427 e. The van der Waals surface area contributed by atoms with E-state index in [9.17, 15) is 5.21 Å². The van der Waals surface area contributed by atoms with Gasteiger partial charge in [0, 0.05) is 30.9 Å². The Kier molecular flexibility index (Phi) is 3.59. The van der Waals surface area contributed by atoms with Crippen LogP contribution in [0.15, 0.2) is 54.6 Å². The van der Waals surface area contributed by atoms with Crippen LogP contribution >= 0.6 is 0 Å². The molecule has 0 unspecified atom stereocenters. The molecule has 0 aliphatic carbocycles. The largest absolute Gasteiger partial charge is 0.427 e. The second kappa shape index (κ2) is 5.56. The minimum absolute atomic E-state index is 0.557. The van der Waals surface area contributed by atoms with E-state index in [1.165, 1.54) is 0 Å². The van der Waals surface area contributed by atoms with Gasteiger partial charge >= 0.3 is 0 Å². The molecule has 2 aromatic carbocycles. The molecule has 0 fully saturated rings. The molecule has 0 saturated heterocycles. The van der Waals surface area contributed by atoms with E-state index in [-0.39, 0.29) is 0 Å². The molecule has 0 spiro atoms. The summed E-state index contributed by atoms with van der Waals surface area (Å²) in [6, 6.07) is 17.9. The Balaban J connectivity index is 2.05. The number of benzene rings is 2. The third-order valence-electron chi connectivity index (χ3n) is 3.77. The summed E-state index contributed by atoms with van der Waals surface area (Å²) in [5, 5.41) is 10.4.